The van der Waals surface area contributed by atoms with Crippen LogP contribution in [0.3, 0.4) is 0 Å². The molecule has 0 aliphatic rings. The van der Waals surface area contributed by atoms with Gasteiger partial charge in [0.05, 0.1) is 10.9 Å². The first-order chi connectivity index (χ1) is 15.9. The van der Waals surface area contributed by atoms with Crippen LogP contribution in [0.4, 0.5) is 0 Å². The molecule has 3 heteroatoms. The predicted octanol–water partition coefficient (Wildman–Crippen LogP) is 6.67. The first-order valence-corrected chi connectivity index (χ1v) is 10.1. The molecule has 2 aromatic carbocycles. The summed E-state index contributed by atoms with van der Waals surface area (Å²) in [4.78, 5) is 4.61. The Morgan fingerprint density at radius 1 is 1.03 bits per heavy atom. The van der Waals surface area contributed by atoms with E-state index >= 15 is 0 Å². The van der Waals surface area contributed by atoms with Gasteiger partial charge >= 0.3 is 0 Å². The number of pyridine rings is 2. The third-order valence-electron chi connectivity index (χ3n) is 6.09. The van der Waals surface area contributed by atoms with Gasteiger partial charge in [0.1, 0.15) is 7.05 Å². The molecule has 0 N–H and O–H groups in total. The topological polar surface area (TPSA) is 29.9 Å². The van der Waals surface area contributed by atoms with Gasteiger partial charge in [0.25, 0.3) is 0 Å². The highest BCUT2D eigenvalue weighted by Crippen LogP contribution is 2.40. The van der Waals surface area contributed by atoms with Gasteiger partial charge in [-0.15, -0.1) is 0 Å². The van der Waals surface area contributed by atoms with E-state index in [4.69, 9.17) is 9.90 Å². The number of benzene rings is 2. The summed E-state index contributed by atoms with van der Waals surface area (Å²) in [7, 11) is 2.00. The smallest absolute Gasteiger partial charge is 0.227 e. The Morgan fingerprint density at radius 3 is 2.63 bits per heavy atom. The molecule has 150 valence electrons. The van der Waals surface area contributed by atoms with E-state index in [0.29, 0.717) is 11.3 Å². The van der Waals surface area contributed by atoms with E-state index < -0.39 is 12.7 Å². The molecule has 3 heterocycles. The van der Waals surface area contributed by atoms with Gasteiger partial charge in [-0.2, -0.15) is 0 Å². The number of fused-ring (bicyclic) bond motifs is 4. The normalized spacial score (nSPS) is 16.3. The molecule has 0 saturated carbocycles. The van der Waals surface area contributed by atoms with Gasteiger partial charge < -0.3 is 4.42 Å². The lowest BCUT2D eigenvalue weighted by atomic mass is 9.92. The van der Waals surface area contributed by atoms with Gasteiger partial charge in [-0.3, -0.25) is 0 Å². The van der Waals surface area contributed by atoms with Crippen molar-refractivity contribution in [3.05, 3.63) is 71.0 Å². The number of aryl methyl sites for hydroxylation is 3. The molecule has 0 aliphatic heterocycles. The van der Waals surface area contributed by atoms with Crippen LogP contribution in [-0.4, -0.2) is 4.98 Å². The fraction of sp³-hybridized carbons (Fsp3) is 0.259. The SMILES string of the molecule is [2H]C([2H])([2H])C([2H])(C)c1ccc2c(-c3c(C)c(C)cc4c3oc3nc(C)ccc34)[n+](C)ccc2c1. The van der Waals surface area contributed by atoms with E-state index in [0.717, 1.165) is 55.2 Å². The Morgan fingerprint density at radius 2 is 1.83 bits per heavy atom. The molecule has 3 nitrogen and oxygen atoms in total. The monoisotopic (exact) mass is 399 g/mol. The van der Waals surface area contributed by atoms with Crippen molar-refractivity contribution in [3.63, 3.8) is 0 Å². The van der Waals surface area contributed by atoms with Crippen LogP contribution in [0, 0.1) is 20.8 Å². The number of aromatic nitrogens is 2. The molecule has 0 amide bonds. The highest BCUT2D eigenvalue weighted by molar-refractivity contribution is 6.11. The Bertz CT molecular complexity index is 1610. The summed E-state index contributed by atoms with van der Waals surface area (Å²) in [5, 5.41) is 3.86. The second-order valence-corrected chi connectivity index (χ2v) is 8.18. The molecule has 0 fully saturated rings. The number of nitrogens with zero attached hydrogens (tertiary/aromatic N) is 2. The summed E-state index contributed by atoms with van der Waals surface area (Å²) in [6.07, 6.45) is 1.97. The highest BCUT2D eigenvalue weighted by atomic mass is 16.3. The van der Waals surface area contributed by atoms with Crippen LogP contribution < -0.4 is 4.57 Å². The van der Waals surface area contributed by atoms with Crippen LogP contribution in [0.1, 0.15) is 47.5 Å². The van der Waals surface area contributed by atoms with E-state index in [1.807, 2.05) is 44.4 Å². The Labute approximate surface area is 182 Å². The average molecular weight is 400 g/mol. The summed E-state index contributed by atoms with van der Waals surface area (Å²) >= 11 is 0. The highest BCUT2D eigenvalue weighted by Gasteiger charge is 2.25. The minimum Gasteiger partial charge on any atom is -0.437 e. The lowest BCUT2D eigenvalue weighted by Crippen LogP contribution is -2.31. The first kappa shape index (κ1) is 14.7. The van der Waals surface area contributed by atoms with Gasteiger partial charge in [-0.05, 0) is 73.0 Å². The lowest BCUT2D eigenvalue weighted by Gasteiger charge is -2.12. The van der Waals surface area contributed by atoms with Crippen LogP contribution in [0.5, 0.6) is 0 Å². The number of hydrogen-bond donors (Lipinski definition) is 0. The standard InChI is InChI=1S/C27H27N2O/c1-15(2)19-8-10-21-20(14-19)11-12-29(6)25(21)24-18(5)16(3)13-23-22-9-7-17(4)28-27(22)30-26(23)24/h7-15H,1-6H3/q+1/i1D3,15D. The van der Waals surface area contributed by atoms with Crippen LogP contribution in [0.25, 0.3) is 44.1 Å². The van der Waals surface area contributed by atoms with E-state index in [1.165, 1.54) is 6.92 Å². The molecule has 0 radical (unpaired) electrons. The number of hydrogen-bond acceptors (Lipinski definition) is 2. The molecule has 0 saturated heterocycles. The molecular weight excluding hydrogens is 368 g/mol. The number of furan rings is 1. The zero-order valence-electron chi connectivity index (χ0n) is 21.9. The maximum absolute atomic E-state index is 8.51. The number of rotatable bonds is 2. The van der Waals surface area contributed by atoms with Gasteiger partial charge in [-0.25, -0.2) is 9.55 Å². The molecule has 0 spiro atoms. The minimum absolute atomic E-state index is 0.467. The second-order valence-electron chi connectivity index (χ2n) is 8.18. The lowest BCUT2D eigenvalue weighted by molar-refractivity contribution is -0.659. The molecule has 0 bridgehead atoms. The Hall–Kier alpha value is -3.20. The van der Waals surface area contributed by atoms with E-state index in [-0.39, 0.29) is 0 Å². The fourth-order valence-electron chi connectivity index (χ4n) is 4.31. The fourth-order valence-corrected chi connectivity index (χ4v) is 4.31. The van der Waals surface area contributed by atoms with Crippen LogP contribution in [0.15, 0.2) is 53.1 Å². The van der Waals surface area contributed by atoms with Gasteiger partial charge in [-0.1, -0.05) is 25.9 Å². The van der Waals surface area contributed by atoms with Crippen LogP contribution in [0.2, 0.25) is 0 Å². The zero-order valence-corrected chi connectivity index (χ0v) is 17.9. The van der Waals surface area contributed by atoms with E-state index in [9.17, 15) is 0 Å². The van der Waals surface area contributed by atoms with Gasteiger partial charge in [0.2, 0.25) is 11.4 Å². The Kier molecular flexibility index (Phi) is 3.27. The Balaban J connectivity index is 1.86. The molecule has 5 aromatic rings. The summed E-state index contributed by atoms with van der Waals surface area (Å²) in [6, 6.07) is 13.7. The molecule has 3 aromatic heterocycles. The maximum Gasteiger partial charge on any atom is 0.227 e. The first-order valence-electron chi connectivity index (χ1n) is 12.1. The third-order valence-corrected chi connectivity index (χ3v) is 6.09. The molecule has 5 rings (SSSR count). The summed E-state index contributed by atoms with van der Waals surface area (Å²) < 4.78 is 40.4. The summed E-state index contributed by atoms with van der Waals surface area (Å²) in [5.74, 6) is -1.70. The van der Waals surface area contributed by atoms with Gasteiger partial charge in [0.15, 0.2) is 11.8 Å². The quantitative estimate of drug-likeness (QED) is 0.310. The van der Waals surface area contributed by atoms with Crippen molar-refractivity contribution in [3.8, 4) is 11.3 Å². The van der Waals surface area contributed by atoms with E-state index in [1.54, 1.807) is 6.07 Å². The molecule has 1 atom stereocenters. The second kappa shape index (κ2) is 6.66. The largest absolute Gasteiger partial charge is 0.437 e. The molecule has 0 aliphatic carbocycles. The van der Waals surface area contributed by atoms with Crippen molar-refractivity contribution in [2.75, 3.05) is 0 Å². The zero-order chi connectivity index (χ0) is 24.6. The average Bonchev–Trinajstić information content (AvgIpc) is 3.11. The van der Waals surface area contributed by atoms with Crippen LogP contribution in [-0.2, 0) is 7.05 Å². The van der Waals surface area contributed by atoms with Crippen molar-refractivity contribution in [1.82, 2.24) is 4.98 Å². The van der Waals surface area contributed by atoms with Crippen molar-refractivity contribution < 1.29 is 14.5 Å². The van der Waals surface area contributed by atoms with E-state index in [2.05, 4.69) is 35.5 Å². The molecular formula is C27H27N2O+. The molecule has 30 heavy (non-hydrogen) atoms. The minimum atomic E-state index is -2.43. The van der Waals surface area contributed by atoms with Gasteiger partial charge in [0, 0.05) is 28.0 Å². The predicted molar refractivity (Wildman–Crippen MR) is 124 cm³/mol. The third kappa shape index (κ3) is 2.72. The molecule has 1 unspecified atom stereocenters. The summed E-state index contributed by atoms with van der Waals surface area (Å²) in [5.41, 5.74) is 7.02. The van der Waals surface area contributed by atoms with Crippen molar-refractivity contribution >= 4 is 32.8 Å². The van der Waals surface area contributed by atoms with Crippen molar-refractivity contribution in [2.24, 2.45) is 7.05 Å². The van der Waals surface area contributed by atoms with Crippen molar-refractivity contribution in [2.45, 2.75) is 40.4 Å². The maximum atomic E-state index is 8.51. The van der Waals surface area contributed by atoms with Crippen molar-refractivity contribution in [1.29, 1.82) is 0 Å². The summed E-state index contributed by atoms with van der Waals surface area (Å²) in [6.45, 7) is 5.17. The van der Waals surface area contributed by atoms with Crippen LogP contribution >= 0.6 is 0 Å².